The van der Waals surface area contributed by atoms with E-state index in [0.717, 1.165) is 50.3 Å². The van der Waals surface area contributed by atoms with Crippen LogP contribution in [0, 0.1) is 16.2 Å². The number of hydrogen-bond acceptors (Lipinski definition) is 6. The summed E-state index contributed by atoms with van der Waals surface area (Å²) in [6, 6.07) is 11.6. The summed E-state index contributed by atoms with van der Waals surface area (Å²) in [7, 11) is 0. The van der Waals surface area contributed by atoms with E-state index in [4.69, 9.17) is 4.99 Å². The van der Waals surface area contributed by atoms with Crippen LogP contribution in [0.5, 0.6) is 0 Å². The van der Waals surface area contributed by atoms with Crippen LogP contribution in [-0.2, 0) is 18.3 Å². The molecule has 1 saturated heterocycles. The molecular formula is C32H40N4OS. The summed E-state index contributed by atoms with van der Waals surface area (Å²) >= 11 is 1.88. The van der Waals surface area contributed by atoms with Gasteiger partial charge in [0.25, 0.3) is 0 Å². The Morgan fingerprint density at radius 3 is 2.82 bits per heavy atom. The first-order chi connectivity index (χ1) is 18.4. The van der Waals surface area contributed by atoms with Gasteiger partial charge in [-0.3, -0.25) is 4.90 Å². The Kier molecular flexibility index (Phi) is 6.68. The van der Waals surface area contributed by atoms with Gasteiger partial charge in [-0.1, -0.05) is 24.3 Å². The molecule has 4 aliphatic rings. The van der Waals surface area contributed by atoms with Crippen molar-refractivity contribution >= 4 is 22.7 Å². The molecule has 1 aromatic carbocycles. The fourth-order valence-corrected chi connectivity index (χ4v) is 9.76. The van der Waals surface area contributed by atoms with Crippen LogP contribution in [0.1, 0.15) is 68.9 Å². The number of hydrogen-bond donors (Lipinski definition) is 1. The van der Waals surface area contributed by atoms with E-state index in [-0.39, 0.29) is 10.8 Å². The molecule has 6 rings (SSSR count). The zero-order valence-corrected chi connectivity index (χ0v) is 23.8. The van der Waals surface area contributed by atoms with Crippen LogP contribution in [0.25, 0.3) is 0 Å². The molecule has 0 spiro atoms. The Labute approximate surface area is 231 Å². The van der Waals surface area contributed by atoms with Gasteiger partial charge in [-0.05, 0) is 130 Å². The van der Waals surface area contributed by atoms with Gasteiger partial charge in [0.2, 0.25) is 0 Å². The largest absolute Gasteiger partial charge is 0.368 e. The number of aliphatic imine (C=N–C) groups is 1. The van der Waals surface area contributed by atoms with Crippen molar-refractivity contribution in [3.8, 4) is 0 Å². The summed E-state index contributed by atoms with van der Waals surface area (Å²) in [6.45, 7) is 12.8. The maximum Gasteiger partial charge on any atom is 0.119 e. The second-order valence-electron chi connectivity index (χ2n) is 12.3. The predicted octanol–water partition coefficient (Wildman–Crippen LogP) is 7.30. The monoisotopic (exact) mass is 528 g/mol. The van der Waals surface area contributed by atoms with E-state index in [9.17, 15) is 4.91 Å². The molecule has 2 saturated carbocycles. The van der Waals surface area contributed by atoms with E-state index in [1.54, 1.807) is 0 Å². The lowest BCUT2D eigenvalue weighted by molar-refractivity contribution is -0.0931. The number of piperidine rings is 1. The normalized spacial score (nSPS) is 31.8. The summed E-state index contributed by atoms with van der Waals surface area (Å²) in [4.78, 5) is 20.7. The molecule has 5 nitrogen and oxygen atoms in total. The Balaban J connectivity index is 1.35. The number of rotatable bonds is 8. The van der Waals surface area contributed by atoms with E-state index < -0.39 is 0 Å². The van der Waals surface area contributed by atoms with Gasteiger partial charge in [-0.2, -0.15) is 0 Å². The van der Waals surface area contributed by atoms with Gasteiger partial charge in [0.1, 0.15) is 11.5 Å². The Morgan fingerprint density at radius 1 is 1.21 bits per heavy atom. The van der Waals surface area contributed by atoms with Crippen molar-refractivity contribution < 1.29 is 0 Å². The first-order valence-corrected chi connectivity index (χ1v) is 15.1. The minimum atomic E-state index is 0.0836. The molecule has 38 heavy (non-hydrogen) atoms. The smallest absolute Gasteiger partial charge is 0.119 e. The van der Waals surface area contributed by atoms with Crippen LogP contribution in [-0.4, -0.2) is 35.8 Å². The third-order valence-electron chi connectivity index (χ3n) is 10.2. The highest BCUT2D eigenvalue weighted by molar-refractivity contribution is 7.09. The standard InChI is InChI=1S/C32H40N4OS/c1-21(2)18-22(3)33-23(4)34-29-10-13-31-12-9-27(29)32(31)14-16-36(15-11-26-6-5-17-38-26)30(31)19-24-7-8-25(35-37)20-28(24)32/h5-8,17-18,20,27,29-30,34H,4,9-16,19H2,1-3H3. The van der Waals surface area contributed by atoms with Gasteiger partial charge < -0.3 is 5.32 Å². The van der Waals surface area contributed by atoms with E-state index in [1.807, 2.05) is 24.3 Å². The lowest BCUT2D eigenvalue weighted by atomic mass is 9.43. The molecule has 6 heteroatoms. The van der Waals surface area contributed by atoms with Crippen LogP contribution >= 0.6 is 11.3 Å². The van der Waals surface area contributed by atoms with Crippen molar-refractivity contribution in [1.82, 2.24) is 10.2 Å². The van der Waals surface area contributed by atoms with Gasteiger partial charge >= 0.3 is 0 Å². The van der Waals surface area contributed by atoms with Crippen LogP contribution < -0.4 is 5.32 Å². The maximum atomic E-state index is 11.6. The molecule has 0 amide bonds. The fraction of sp³-hybridized carbons (Fsp3) is 0.531. The van der Waals surface area contributed by atoms with Crippen LogP contribution in [0.3, 0.4) is 0 Å². The van der Waals surface area contributed by atoms with E-state index in [1.165, 1.54) is 40.8 Å². The van der Waals surface area contributed by atoms with Crippen molar-refractivity contribution in [2.24, 2.45) is 21.5 Å². The topological polar surface area (TPSA) is 57.1 Å². The minimum Gasteiger partial charge on any atom is -0.368 e. The molecular weight excluding hydrogens is 488 g/mol. The van der Waals surface area contributed by atoms with Gasteiger partial charge in [0.15, 0.2) is 0 Å². The summed E-state index contributed by atoms with van der Waals surface area (Å²) in [5.74, 6) is 1.28. The first-order valence-electron chi connectivity index (χ1n) is 14.3. The second-order valence-corrected chi connectivity index (χ2v) is 13.3. The second kappa shape index (κ2) is 9.87. The highest BCUT2D eigenvalue weighted by Crippen LogP contribution is 2.72. The lowest BCUT2D eigenvalue weighted by Crippen LogP contribution is -2.70. The van der Waals surface area contributed by atoms with Gasteiger partial charge in [-0.15, -0.1) is 16.2 Å². The molecule has 1 aliphatic heterocycles. The predicted molar refractivity (Wildman–Crippen MR) is 158 cm³/mol. The number of nitroso groups, excluding NO2 is 1. The molecule has 200 valence electrons. The van der Waals surface area contributed by atoms with Crippen molar-refractivity contribution in [1.29, 1.82) is 0 Å². The van der Waals surface area contributed by atoms with E-state index in [2.05, 4.69) is 71.5 Å². The van der Waals surface area contributed by atoms with Crippen molar-refractivity contribution in [3.05, 3.63) is 80.7 Å². The third kappa shape index (κ3) is 4.03. The average Bonchev–Trinajstić information content (AvgIpc) is 3.48. The van der Waals surface area contributed by atoms with Crippen LogP contribution in [0.4, 0.5) is 5.69 Å². The molecule has 1 N–H and O–H groups in total. The van der Waals surface area contributed by atoms with Gasteiger partial charge in [-0.25, -0.2) is 4.99 Å². The lowest BCUT2D eigenvalue weighted by Gasteiger charge is -2.66. The molecule has 1 aromatic heterocycles. The zero-order valence-electron chi connectivity index (χ0n) is 23.0. The fourth-order valence-electron chi connectivity index (χ4n) is 9.06. The zero-order chi connectivity index (χ0) is 26.5. The first kappa shape index (κ1) is 25.7. The summed E-state index contributed by atoms with van der Waals surface area (Å²) in [5.41, 5.74) is 6.01. The summed E-state index contributed by atoms with van der Waals surface area (Å²) < 4.78 is 0. The maximum absolute atomic E-state index is 11.6. The number of nitrogens with one attached hydrogen (secondary N) is 1. The van der Waals surface area contributed by atoms with Gasteiger partial charge in [0, 0.05) is 34.6 Å². The number of likely N-dealkylation sites (tertiary alicyclic amines) is 1. The molecule has 5 atom stereocenters. The minimum absolute atomic E-state index is 0.0836. The summed E-state index contributed by atoms with van der Waals surface area (Å²) in [5, 5.41) is 9.35. The third-order valence-corrected chi connectivity index (χ3v) is 11.1. The van der Waals surface area contributed by atoms with E-state index in [0.29, 0.717) is 23.7 Å². The average molecular weight is 529 g/mol. The molecule has 0 radical (unpaired) electrons. The molecule has 3 fully saturated rings. The number of thiophene rings is 1. The summed E-state index contributed by atoms with van der Waals surface area (Å²) in [6.07, 6.45) is 10.3. The molecule has 2 aromatic rings. The number of nitrogens with zero attached hydrogens (tertiary/aromatic N) is 3. The van der Waals surface area contributed by atoms with Crippen LogP contribution in [0.15, 0.2) is 69.9 Å². The van der Waals surface area contributed by atoms with Gasteiger partial charge in [0.05, 0.1) is 0 Å². The molecule has 3 aliphatic carbocycles. The molecule has 2 heterocycles. The van der Waals surface area contributed by atoms with Crippen molar-refractivity contribution in [2.75, 3.05) is 13.1 Å². The Bertz CT molecular complexity index is 1290. The Morgan fingerprint density at radius 2 is 2.05 bits per heavy atom. The van der Waals surface area contributed by atoms with Crippen molar-refractivity contribution in [2.45, 2.75) is 83.2 Å². The van der Waals surface area contributed by atoms with Crippen LogP contribution in [0.2, 0.25) is 0 Å². The van der Waals surface area contributed by atoms with E-state index >= 15 is 0 Å². The molecule has 5 unspecified atom stereocenters. The highest BCUT2D eigenvalue weighted by Gasteiger charge is 2.71. The molecule has 4 bridgehead atoms. The highest BCUT2D eigenvalue weighted by atomic mass is 32.1. The number of fused-ring (bicyclic) bond motifs is 1. The Hall–Kier alpha value is -2.57. The number of allylic oxidation sites excluding steroid dienone is 2. The van der Waals surface area contributed by atoms with Crippen molar-refractivity contribution in [3.63, 3.8) is 0 Å². The number of benzene rings is 1. The SMILES string of the molecule is C=C(N=C(C)C=C(C)C)NC1CCC23CCC1C21CCN(CCc2cccs2)C3Cc2ccc(N=O)cc21. The quantitative estimate of drug-likeness (QED) is 0.289.